The molecule has 1 saturated heterocycles. The molecule has 5 nitrogen and oxygen atoms in total. The van der Waals surface area contributed by atoms with E-state index in [2.05, 4.69) is 10.3 Å². The normalized spacial score (nSPS) is 14.6. The van der Waals surface area contributed by atoms with Crippen molar-refractivity contribution >= 4 is 39.9 Å². The van der Waals surface area contributed by atoms with E-state index in [1.807, 2.05) is 28.8 Å². The SMILES string of the molecule is Cn1ccc2c(Nc3ccc(F)c(Cl)c3)ncc(C(=O)N3CCCCC3)c21. The third-order valence-electron chi connectivity index (χ3n) is 4.96. The van der Waals surface area contributed by atoms with Crippen LogP contribution >= 0.6 is 11.6 Å². The smallest absolute Gasteiger partial charge is 0.257 e. The van der Waals surface area contributed by atoms with Crippen molar-refractivity contribution in [2.75, 3.05) is 18.4 Å². The van der Waals surface area contributed by atoms with Crippen molar-refractivity contribution in [2.24, 2.45) is 7.05 Å². The Morgan fingerprint density at radius 1 is 1.22 bits per heavy atom. The Labute approximate surface area is 161 Å². The van der Waals surface area contributed by atoms with Crippen molar-refractivity contribution in [1.82, 2.24) is 14.5 Å². The second-order valence-corrected chi connectivity index (χ2v) is 7.22. The third kappa shape index (κ3) is 3.37. The summed E-state index contributed by atoms with van der Waals surface area (Å²) in [5, 5.41) is 4.05. The molecule has 2 aromatic heterocycles. The van der Waals surface area contributed by atoms with Crippen molar-refractivity contribution in [3.8, 4) is 0 Å². The molecule has 4 rings (SSSR count). The van der Waals surface area contributed by atoms with Crippen LogP contribution in [0.1, 0.15) is 29.6 Å². The van der Waals surface area contributed by atoms with Crippen LogP contribution in [0.3, 0.4) is 0 Å². The average Bonchev–Trinajstić information content (AvgIpc) is 3.08. The van der Waals surface area contributed by atoms with Crippen LogP contribution in [0.4, 0.5) is 15.9 Å². The number of piperidine rings is 1. The molecule has 0 spiro atoms. The molecular weight excluding hydrogens is 367 g/mol. The van der Waals surface area contributed by atoms with Gasteiger partial charge in [-0.05, 0) is 43.5 Å². The number of fused-ring (bicyclic) bond motifs is 1. The fourth-order valence-electron chi connectivity index (χ4n) is 3.55. The van der Waals surface area contributed by atoms with Gasteiger partial charge < -0.3 is 14.8 Å². The highest BCUT2D eigenvalue weighted by Crippen LogP contribution is 2.30. The maximum atomic E-state index is 13.4. The minimum absolute atomic E-state index is 0.0189. The van der Waals surface area contributed by atoms with Gasteiger partial charge in [0.25, 0.3) is 5.91 Å². The lowest BCUT2D eigenvalue weighted by molar-refractivity contribution is 0.0725. The van der Waals surface area contributed by atoms with Gasteiger partial charge in [0.15, 0.2) is 0 Å². The number of benzene rings is 1. The number of rotatable bonds is 3. The van der Waals surface area contributed by atoms with Crippen molar-refractivity contribution in [2.45, 2.75) is 19.3 Å². The largest absolute Gasteiger partial charge is 0.350 e. The molecule has 3 heterocycles. The first-order chi connectivity index (χ1) is 13.0. The highest BCUT2D eigenvalue weighted by Gasteiger charge is 2.23. The molecule has 0 bridgehead atoms. The van der Waals surface area contributed by atoms with Gasteiger partial charge in [-0.3, -0.25) is 4.79 Å². The summed E-state index contributed by atoms with van der Waals surface area (Å²) in [6.07, 6.45) is 6.78. The van der Waals surface area contributed by atoms with Gasteiger partial charge in [-0.2, -0.15) is 0 Å². The van der Waals surface area contributed by atoms with Gasteiger partial charge in [-0.1, -0.05) is 11.6 Å². The lowest BCUT2D eigenvalue weighted by atomic mass is 10.1. The Morgan fingerprint density at radius 3 is 2.74 bits per heavy atom. The van der Waals surface area contributed by atoms with Crippen LogP contribution in [0.15, 0.2) is 36.7 Å². The van der Waals surface area contributed by atoms with Crippen molar-refractivity contribution in [3.05, 3.63) is 53.1 Å². The maximum absolute atomic E-state index is 13.4. The van der Waals surface area contributed by atoms with Crippen LogP contribution in [0, 0.1) is 5.82 Å². The maximum Gasteiger partial charge on any atom is 0.257 e. The number of carbonyl (C=O) groups excluding carboxylic acids is 1. The van der Waals surface area contributed by atoms with Crippen LogP contribution in [0.25, 0.3) is 10.9 Å². The summed E-state index contributed by atoms with van der Waals surface area (Å²) < 4.78 is 15.3. The first kappa shape index (κ1) is 17.8. The second kappa shape index (κ2) is 7.19. The number of carbonyl (C=O) groups is 1. The Hall–Kier alpha value is -2.60. The summed E-state index contributed by atoms with van der Waals surface area (Å²) in [5.74, 6) is 0.149. The van der Waals surface area contributed by atoms with Crippen LogP contribution in [-0.2, 0) is 7.05 Å². The topological polar surface area (TPSA) is 50.2 Å². The van der Waals surface area contributed by atoms with Gasteiger partial charge in [0, 0.05) is 43.6 Å². The number of nitrogens with one attached hydrogen (secondary N) is 1. The van der Waals surface area contributed by atoms with E-state index < -0.39 is 5.82 Å². The second-order valence-electron chi connectivity index (χ2n) is 6.82. The Morgan fingerprint density at radius 2 is 2.00 bits per heavy atom. The first-order valence-electron chi connectivity index (χ1n) is 9.00. The molecule has 1 aromatic carbocycles. The number of aromatic nitrogens is 2. The highest BCUT2D eigenvalue weighted by atomic mass is 35.5. The van der Waals surface area contributed by atoms with Gasteiger partial charge in [0.2, 0.25) is 0 Å². The summed E-state index contributed by atoms with van der Waals surface area (Å²) in [7, 11) is 1.91. The predicted octanol–water partition coefficient (Wildman–Crippen LogP) is 4.74. The summed E-state index contributed by atoms with van der Waals surface area (Å²) in [6, 6.07) is 6.34. The van der Waals surface area contributed by atoms with Gasteiger partial charge in [0.1, 0.15) is 11.6 Å². The predicted molar refractivity (Wildman–Crippen MR) is 105 cm³/mol. The zero-order chi connectivity index (χ0) is 19.0. The van der Waals surface area contributed by atoms with Crippen LogP contribution in [0.2, 0.25) is 5.02 Å². The molecule has 0 unspecified atom stereocenters. The number of amides is 1. The number of aryl methyl sites for hydroxylation is 1. The average molecular weight is 387 g/mol. The van der Waals surface area contributed by atoms with E-state index >= 15 is 0 Å². The van der Waals surface area contributed by atoms with Crippen molar-refractivity contribution in [1.29, 1.82) is 0 Å². The van der Waals surface area contributed by atoms with Gasteiger partial charge in [-0.15, -0.1) is 0 Å². The number of pyridine rings is 1. The lowest BCUT2D eigenvalue weighted by Gasteiger charge is -2.27. The van der Waals surface area contributed by atoms with Crippen LogP contribution in [-0.4, -0.2) is 33.4 Å². The van der Waals surface area contributed by atoms with E-state index in [0.29, 0.717) is 17.1 Å². The molecule has 7 heteroatoms. The summed E-state index contributed by atoms with van der Waals surface area (Å²) in [5.41, 5.74) is 2.06. The summed E-state index contributed by atoms with van der Waals surface area (Å²) >= 11 is 5.87. The monoisotopic (exact) mass is 386 g/mol. The number of likely N-dealkylation sites (tertiary alicyclic amines) is 1. The minimum Gasteiger partial charge on any atom is -0.350 e. The van der Waals surface area contributed by atoms with Crippen molar-refractivity contribution < 1.29 is 9.18 Å². The standard InChI is InChI=1S/C20H20ClFN4O/c1-25-10-7-14-18(25)15(20(27)26-8-3-2-4-9-26)12-23-19(14)24-13-5-6-17(22)16(21)11-13/h5-7,10-12H,2-4,8-9H2,1H3,(H,23,24). The molecule has 0 radical (unpaired) electrons. The minimum atomic E-state index is -0.470. The third-order valence-corrected chi connectivity index (χ3v) is 5.25. The van der Waals surface area contributed by atoms with E-state index in [-0.39, 0.29) is 10.9 Å². The molecule has 140 valence electrons. The zero-order valence-electron chi connectivity index (χ0n) is 15.0. The van der Waals surface area contributed by atoms with E-state index in [0.717, 1.165) is 36.8 Å². The molecule has 1 aliphatic heterocycles. The van der Waals surface area contributed by atoms with E-state index in [4.69, 9.17) is 11.6 Å². The number of halogens is 2. The highest BCUT2D eigenvalue weighted by molar-refractivity contribution is 6.31. The Kier molecular flexibility index (Phi) is 4.74. The zero-order valence-corrected chi connectivity index (χ0v) is 15.8. The summed E-state index contributed by atoms with van der Waals surface area (Å²) in [4.78, 5) is 19.4. The fourth-order valence-corrected chi connectivity index (χ4v) is 3.73. The van der Waals surface area contributed by atoms with Gasteiger partial charge in [-0.25, -0.2) is 9.37 Å². The van der Waals surface area contributed by atoms with Gasteiger partial charge >= 0.3 is 0 Å². The number of hydrogen-bond donors (Lipinski definition) is 1. The van der Waals surface area contributed by atoms with E-state index in [9.17, 15) is 9.18 Å². The van der Waals surface area contributed by atoms with Crippen LogP contribution < -0.4 is 5.32 Å². The number of anilines is 2. The molecule has 0 saturated carbocycles. The molecular formula is C20H20ClFN4O. The van der Waals surface area contributed by atoms with Gasteiger partial charge in [0.05, 0.1) is 16.1 Å². The van der Waals surface area contributed by atoms with E-state index in [1.54, 1.807) is 12.3 Å². The molecule has 0 aliphatic carbocycles. The first-order valence-corrected chi connectivity index (χ1v) is 9.38. The molecule has 27 heavy (non-hydrogen) atoms. The van der Waals surface area contributed by atoms with Crippen LogP contribution in [0.5, 0.6) is 0 Å². The molecule has 1 N–H and O–H groups in total. The van der Waals surface area contributed by atoms with Crippen molar-refractivity contribution in [3.63, 3.8) is 0 Å². The molecule has 1 amide bonds. The quantitative estimate of drug-likeness (QED) is 0.707. The molecule has 3 aromatic rings. The number of nitrogens with zero attached hydrogens (tertiary/aromatic N) is 3. The number of hydrogen-bond acceptors (Lipinski definition) is 3. The Bertz CT molecular complexity index is 1010. The molecule has 0 atom stereocenters. The molecule has 1 aliphatic rings. The molecule has 1 fully saturated rings. The Balaban J connectivity index is 1.72. The lowest BCUT2D eigenvalue weighted by Crippen LogP contribution is -2.35. The fraction of sp³-hybridized carbons (Fsp3) is 0.300. The van der Waals surface area contributed by atoms with E-state index in [1.165, 1.54) is 18.6 Å². The summed E-state index contributed by atoms with van der Waals surface area (Å²) in [6.45, 7) is 1.58.